The molecule has 1 aliphatic carbocycles. The number of ether oxygens (including phenoxy) is 1. The number of imide groups is 1. The van der Waals surface area contributed by atoms with Gasteiger partial charge in [0.15, 0.2) is 0 Å². The first-order valence-corrected chi connectivity index (χ1v) is 9.67. The van der Waals surface area contributed by atoms with Crippen LogP contribution in [-0.2, 0) is 10.3 Å². The fraction of sp³-hybridized carbons (Fsp3) is 0.579. The van der Waals surface area contributed by atoms with E-state index in [4.69, 9.17) is 16.3 Å². The quantitative estimate of drug-likeness (QED) is 0.632. The molecule has 2 aromatic rings. The van der Waals surface area contributed by atoms with Crippen LogP contribution in [0.15, 0.2) is 12.3 Å². The minimum absolute atomic E-state index is 0.149. The fourth-order valence-corrected chi connectivity index (χ4v) is 4.37. The molecule has 1 aliphatic heterocycles. The third-order valence-corrected chi connectivity index (χ3v) is 5.48. The molecule has 0 unspecified atom stereocenters. The van der Waals surface area contributed by atoms with Crippen LogP contribution in [0.4, 0.5) is 4.79 Å². The fourth-order valence-electron chi connectivity index (χ4n) is 4.24. The van der Waals surface area contributed by atoms with E-state index in [-0.39, 0.29) is 16.7 Å². The van der Waals surface area contributed by atoms with Crippen molar-refractivity contribution in [3.8, 4) is 0 Å². The number of carbonyl (C=O) groups is 2. The second-order valence-corrected chi connectivity index (χ2v) is 8.78. The molecule has 0 saturated heterocycles. The maximum Gasteiger partial charge on any atom is 0.417 e. The van der Waals surface area contributed by atoms with Crippen molar-refractivity contribution in [2.45, 2.75) is 64.0 Å². The van der Waals surface area contributed by atoms with Crippen LogP contribution in [-0.4, -0.2) is 43.6 Å². The summed E-state index contributed by atoms with van der Waals surface area (Å²) in [5.74, 6) is -0.366. The highest BCUT2D eigenvalue weighted by molar-refractivity contribution is 6.28. The van der Waals surface area contributed by atoms with E-state index in [1.54, 1.807) is 33.0 Å². The van der Waals surface area contributed by atoms with Crippen LogP contribution in [0.5, 0.6) is 0 Å². The minimum Gasteiger partial charge on any atom is -0.443 e. The summed E-state index contributed by atoms with van der Waals surface area (Å²) in [6.45, 7) is 5.68. The first-order valence-electron chi connectivity index (χ1n) is 9.30. The van der Waals surface area contributed by atoms with Crippen molar-refractivity contribution in [1.29, 1.82) is 0 Å². The van der Waals surface area contributed by atoms with Crippen LogP contribution < -0.4 is 0 Å². The third-order valence-electron chi connectivity index (χ3n) is 5.30. The summed E-state index contributed by atoms with van der Waals surface area (Å²) in [4.78, 5) is 35.6. The van der Waals surface area contributed by atoms with E-state index < -0.39 is 11.7 Å². The van der Waals surface area contributed by atoms with E-state index in [0.717, 1.165) is 37.5 Å². The minimum atomic E-state index is -0.666. The zero-order chi connectivity index (χ0) is 19.4. The lowest BCUT2D eigenvalue weighted by Crippen LogP contribution is -2.56. The Hall–Kier alpha value is -2.15. The largest absolute Gasteiger partial charge is 0.443 e. The van der Waals surface area contributed by atoms with Gasteiger partial charge in [-0.2, -0.15) is 4.98 Å². The standard InChI is InChI=1S/C19H23ClN4O3/c1-18(2,3)27-17(26)23-11-19(7-5-4-6-8-19)24-13(15(23)25)9-12-10-21-16(20)22-14(12)24/h9-10H,4-8,11H2,1-3H3. The molecule has 1 fully saturated rings. The zero-order valence-electron chi connectivity index (χ0n) is 15.8. The molecule has 2 aromatic heterocycles. The molecule has 8 heteroatoms. The van der Waals surface area contributed by atoms with Crippen LogP contribution >= 0.6 is 11.6 Å². The summed E-state index contributed by atoms with van der Waals surface area (Å²) in [6, 6.07) is 1.75. The average Bonchev–Trinajstić information content (AvgIpc) is 2.97. The number of carbonyl (C=O) groups excluding carboxylic acids is 2. The molecular weight excluding hydrogens is 368 g/mol. The number of hydrogen-bond donors (Lipinski definition) is 0. The van der Waals surface area contributed by atoms with Crippen LogP contribution in [0, 0.1) is 0 Å². The van der Waals surface area contributed by atoms with Crippen LogP contribution in [0.25, 0.3) is 11.0 Å². The highest BCUT2D eigenvalue weighted by atomic mass is 35.5. The Labute approximate surface area is 162 Å². The highest BCUT2D eigenvalue weighted by Crippen LogP contribution is 2.42. The van der Waals surface area contributed by atoms with Crippen molar-refractivity contribution < 1.29 is 14.3 Å². The average molecular weight is 391 g/mol. The van der Waals surface area contributed by atoms with Crippen molar-refractivity contribution in [2.75, 3.05) is 6.54 Å². The van der Waals surface area contributed by atoms with Crippen LogP contribution in [0.2, 0.25) is 5.28 Å². The van der Waals surface area contributed by atoms with Crippen LogP contribution in [0.3, 0.4) is 0 Å². The number of amides is 2. The van der Waals surface area contributed by atoms with E-state index in [1.807, 2.05) is 4.57 Å². The predicted octanol–water partition coefficient (Wildman–Crippen LogP) is 4.14. The van der Waals surface area contributed by atoms with Crippen molar-refractivity contribution in [3.05, 3.63) is 23.2 Å². The van der Waals surface area contributed by atoms with Crippen molar-refractivity contribution in [3.63, 3.8) is 0 Å². The Kier molecular flexibility index (Phi) is 4.18. The van der Waals surface area contributed by atoms with Gasteiger partial charge >= 0.3 is 6.09 Å². The molecule has 144 valence electrons. The lowest BCUT2D eigenvalue weighted by molar-refractivity contribution is 0.00755. The van der Waals surface area contributed by atoms with Gasteiger partial charge in [-0.3, -0.25) is 4.79 Å². The molecule has 3 heterocycles. The molecule has 4 rings (SSSR count). The first-order chi connectivity index (χ1) is 12.7. The molecule has 2 amide bonds. The predicted molar refractivity (Wildman–Crippen MR) is 101 cm³/mol. The lowest BCUT2D eigenvalue weighted by atomic mass is 9.79. The molecule has 0 atom stereocenters. The summed E-state index contributed by atoms with van der Waals surface area (Å²) in [6.07, 6.45) is 5.99. The summed E-state index contributed by atoms with van der Waals surface area (Å²) in [5.41, 5.74) is 0.0580. The molecule has 0 radical (unpaired) electrons. The summed E-state index contributed by atoms with van der Waals surface area (Å²) in [5, 5.41) is 0.898. The van der Waals surface area contributed by atoms with Gasteiger partial charge in [0.1, 0.15) is 16.9 Å². The van der Waals surface area contributed by atoms with Crippen molar-refractivity contribution in [2.24, 2.45) is 0 Å². The van der Waals surface area contributed by atoms with Gasteiger partial charge in [-0.05, 0) is 51.3 Å². The van der Waals surface area contributed by atoms with Gasteiger partial charge < -0.3 is 9.30 Å². The smallest absolute Gasteiger partial charge is 0.417 e. The Morgan fingerprint density at radius 1 is 1.26 bits per heavy atom. The number of aromatic nitrogens is 3. The Bertz CT molecular complexity index is 925. The lowest BCUT2D eigenvalue weighted by Gasteiger charge is -2.46. The van der Waals surface area contributed by atoms with Gasteiger partial charge in [-0.25, -0.2) is 14.7 Å². The van der Waals surface area contributed by atoms with Gasteiger partial charge in [0.05, 0.1) is 12.1 Å². The van der Waals surface area contributed by atoms with Gasteiger partial charge in [0, 0.05) is 11.6 Å². The van der Waals surface area contributed by atoms with Crippen LogP contribution in [0.1, 0.15) is 63.4 Å². The molecule has 1 spiro atoms. The normalized spacial score (nSPS) is 19.4. The van der Waals surface area contributed by atoms with Gasteiger partial charge in [-0.1, -0.05) is 19.3 Å². The number of halogens is 1. The van der Waals surface area contributed by atoms with Gasteiger partial charge in [-0.15, -0.1) is 0 Å². The van der Waals surface area contributed by atoms with E-state index in [9.17, 15) is 9.59 Å². The van der Waals surface area contributed by atoms with E-state index in [1.165, 1.54) is 4.90 Å². The van der Waals surface area contributed by atoms with E-state index in [0.29, 0.717) is 17.9 Å². The molecule has 1 saturated carbocycles. The molecule has 7 nitrogen and oxygen atoms in total. The number of hydrogen-bond acceptors (Lipinski definition) is 5. The number of nitrogens with zero attached hydrogens (tertiary/aromatic N) is 4. The Morgan fingerprint density at radius 3 is 2.63 bits per heavy atom. The molecule has 27 heavy (non-hydrogen) atoms. The third kappa shape index (κ3) is 3.08. The summed E-state index contributed by atoms with van der Waals surface area (Å²) < 4.78 is 7.50. The summed E-state index contributed by atoms with van der Waals surface area (Å²) in [7, 11) is 0. The number of rotatable bonds is 0. The monoisotopic (exact) mass is 390 g/mol. The second-order valence-electron chi connectivity index (χ2n) is 8.44. The zero-order valence-corrected chi connectivity index (χ0v) is 16.5. The highest BCUT2D eigenvalue weighted by Gasteiger charge is 2.47. The van der Waals surface area contributed by atoms with Gasteiger partial charge in [0.2, 0.25) is 5.28 Å². The number of fused-ring (bicyclic) bond motifs is 4. The maximum atomic E-state index is 13.1. The topological polar surface area (TPSA) is 77.3 Å². The van der Waals surface area contributed by atoms with E-state index in [2.05, 4.69) is 9.97 Å². The molecule has 2 aliphatic rings. The maximum absolute atomic E-state index is 13.1. The SMILES string of the molecule is CC(C)(C)OC(=O)N1CC2(CCCCC2)n2c(cc3cnc(Cl)nc32)C1=O. The molecular formula is C19H23ClN4O3. The molecule has 0 N–H and O–H groups in total. The molecule has 0 aromatic carbocycles. The molecule has 0 bridgehead atoms. The van der Waals surface area contributed by atoms with E-state index >= 15 is 0 Å². The van der Waals surface area contributed by atoms with Crippen molar-refractivity contribution >= 4 is 34.6 Å². The Balaban J connectivity index is 1.86. The van der Waals surface area contributed by atoms with Crippen molar-refractivity contribution in [1.82, 2.24) is 19.4 Å². The van der Waals surface area contributed by atoms with Gasteiger partial charge in [0.25, 0.3) is 5.91 Å². The Morgan fingerprint density at radius 2 is 1.96 bits per heavy atom. The first kappa shape index (κ1) is 18.2. The summed E-state index contributed by atoms with van der Waals surface area (Å²) >= 11 is 6.03. The second kappa shape index (κ2) is 6.19.